The summed E-state index contributed by atoms with van der Waals surface area (Å²) in [6.45, 7) is 7.85. The Morgan fingerprint density at radius 2 is 2.06 bits per heavy atom. The molecule has 0 aliphatic carbocycles. The van der Waals surface area contributed by atoms with Gasteiger partial charge in [-0.15, -0.1) is 11.3 Å². The lowest BCUT2D eigenvalue weighted by Crippen LogP contribution is -2.43. The van der Waals surface area contributed by atoms with E-state index in [1.807, 2.05) is 27.7 Å². The first-order valence-electron chi connectivity index (χ1n) is 5.20. The van der Waals surface area contributed by atoms with Crippen molar-refractivity contribution in [2.45, 2.75) is 50.9 Å². The Labute approximate surface area is 108 Å². The van der Waals surface area contributed by atoms with Crippen LogP contribution in [0.2, 0.25) is 0 Å². The van der Waals surface area contributed by atoms with E-state index in [1.54, 1.807) is 5.51 Å². The van der Waals surface area contributed by atoms with Crippen molar-refractivity contribution in [3.05, 3.63) is 15.0 Å². The lowest BCUT2D eigenvalue weighted by atomic mass is 9.81. The van der Waals surface area contributed by atoms with Crippen LogP contribution in [0.4, 0.5) is 0 Å². The largest absolute Gasteiger partial charge is 0.381 e. The first-order chi connectivity index (χ1) is 7.18. The van der Waals surface area contributed by atoms with Gasteiger partial charge in [-0.05, 0) is 43.6 Å². The van der Waals surface area contributed by atoms with Crippen LogP contribution in [0.25, 0.3) is 0 Å². The molecular weight excluding hydrogens is 290 g/mol. The smallest absolute Gasteiger partial charge is 0.132 e. The normalized spacial score (nSPS) is 31.9. The van der Waals surface area contributed by atoms with E-state index in [9.17, 15) is 5.11 Å². The summed E-state index contributed by atoms with van der Waals surface area (Å²) in [5.41, 5.74) is -0.164. The Kier molecular flexibility index (Phi) is 2.74. The molecule has 1 atom stereocenters. The van der Waals surface area contributed by atoms with Gasteiger partial charge >= 0.3 is 0 Å². The molecule has 1 N–H and O–H groups in total. The first-order valence-corrected chi connectivity index (χ1v) is 6.87. The molecule has 0 saturated carbocycles. The summed E-state index contributed by atoms with van der Waals surface area (Å²) in [6.07, 6.45) is 0.577. The van der Waals surface area contributed by atoms with Crippen molar-refractivity contribution in [1.82, 2.24) is 4.98 Å². The monoisotopic (exact) mass is 305 g/mol. The van der Waals surface area contributed by atoms with E-state index in [0.29, 0.717) is 6.42 Å². The van der Waals surface area contributed by atoms with Gasteiger partial charge in [0.15, 0.2) is 0 Å². The number of ether oxygens (including phenoxy) is 1. The summed E-state index contributed by atoms with van der Waals surface area (Å²) in [5.74, 6) is 0. The minimum absolute atomic E-state index is 0.318. The molecule has 0 amide bonds. The van der Waals surface area contributed by atoms with E-state index < -0.39 is 11.2 Å². The van der Waals surface area contributed by atoms with Crippen LogP contribution in [0, 0.1) is 0 Å². The highest BCUT2D eigenvalue weighted by molar-refractivity contribution is 9.10. The van der Waals surface area contributed by atoms with Crippen molar-refractivity contribution < 1.29 is 9.84 Å². The lowest BCUT2D eigenvalue weighted by Gasteiger charge is -2.34. The Balaban J connectivity index is 2.50. The Morgan fingerprint density at radius 1 is 1.44 bits per heavy atom. The molecule has 0 radical (unpaired) electrons. The molecule has 1 aliphatic rings. The van der Waals surface area contributed by atoms with Gasteiger partial charge in [0.2, 0.25) is 0 Å². The Morgan fingerprint density at radius 3 is 2.44 bits per heavy atom. The Hall–Kier alpha value is 0.0300. The molecule has 0 aromatic carbocycles. The van der Waals surface area contributed by atoms with Crippen LogP contribution in [0.3, 0.4) is 0 Å². The van der Waals surface area contributed by atoms with Gasteiger partial charge in [-0.1, -0.05) is 0 Å². The molecule has 16 heavy (non-hydrogen) atoms. The van der Waals surface area contributed by atoms with Gasteiger partial charge in [-0.25, -0.2) is 4.98 Å². The molecule has 3 nitrogen and oxygen atoms in total. The van der Waals surface area contributed by atoms with Crippen LogP contribution in [-0.2, 0) is 10.3 Å². The van der Waals surface area contributed by atoms with E-state index in [2.05, 4.69) is 20.9 Å². The number of nitrogens with zero attached hydrogens (tertiary/aromatic N) is 1. The van der Waals surface area contributed by atoms with Gasteiger partial charge < -0.3 is 9.84 Å². The third kappa shape index (κ3) is 1.74. The van der Waals surface area contributed by atoms with Gasteiger partial charge in [-0.2, -0.15) is 0 Å². The molecule has 5 heteroatoms. The van der Waals surface area contributed by atoms with E-state index in [-0.39, 0.29) is 5.60 Å². The summed E-state index contributed by atoms with van der Waals surface area (Å²) in [5, 5.41) is 10.9. The van der Waals surface area contributed by atoms with Crippen LogP contribution in [0.1, 0.15) is 39.0 Å². The molecule has 90 valence electrons. The molecule has 2 rings (SSSR count). The van der Waals surface area contributed by atoms with Gasteiger partial charge in [0.25, 0.3) is 0 Å². The van der Waals surface area contributed by atoms with E-state index >= 15 is 0 Å². The summed E-state index contributed by atoms with van der Waals surface area (Å²) in [6, 6.07) is 0. The molecule has 2 heterocycles. The van der Waals surface area contributed by atoms with Crippen molar-refractivity contribution in [2.24, 2.45) is 0 Å². The standard InChI is InChI=1S/C11H16BrNO2S/c1-9(2)5-11(14,10(3,4)15-9)7-8(12)13-6-16-7/h6,14H,5H2,1-4H3. The van der Waals surface area contributed by atoms with Crippen LogP contribution in [0.15, 0.2) is 10.1 Å². The van der Waals surface area contributed by atoms with Gasteiger partial charge in [0.1, 0.15) is 10.2 Å². The molecule has 1 unspecified atom stereocenters. The predicted octanol–water partition coefficient (Wildman–Crippen LogP) is 3.07. The SMILES string of the molecule is CC1(C)CC(O)(c2scnc2Br)C(C)(C)O1. The second-order valence-electron chi connectivity index (χ2n) is 5.38. The van der Waals surface area contributed by atoms with Gasteiger partial charge in [-0.3, -0.25) is 0 Å². The summed E-state index contributed by atoms with van der Waals surface area (Å²) >= 11 is 4.85. The number of thiazole rings is 1. The minimum Gasteiger partial charge on any atom is -0.381 e. The molecule has 0 spiro atoms. The quantitative estimate of drug-likeness (QED) is 0.867. The summed E-state index contributed by atoms with van der Waals surface area (Å²) in [4.78, 5) is 4.99. The summed E-state index contributed by atoms with van der Waals surface area (Å²) < 4.78 is 6.66. The van der Waals surface area contributed by atoms with Crippen molar-refractivity contribution in [2.75, 3.05) is 0 Å². The van der Waals surface area contributed by atoms with Crippen molar-refractivity contribution >= 4 is 27.3 Å². The van der Waals surface area contributed by atoms with Crippen LogP contribution in [0.5, 0.6) is 0 Å². The highest BCUT2D eigenvalue weighted by Crippen LogP contribution is 2.53. The molecule has 1 aromatic heterocycles. The van der Waals surface area contributed by atoms with E-state index in [4.69, 9.17) is 4.74 Å². The second-order valence-corrected chi connectivity index (χ2v) is 6.99. The number of hydrogen-bond donors (Lipinski definition) is 1. The third-order valence-corrected chi connectivity index (χ3v) is 4.95. The first kappa shape index (κ1) is 12.5. The maximum atomic E-state index is 10.9. The third-order valence-electron chi connectivity index (χ3n) is 3.11. The molecule has 1 aliphatic heterocycles. The zero-order valence-corrected chi connectivity index (χ0v) is 12.3. The zero-order valence-electron chi connectivity index (χ0n) is 9.87. The highest BCUT2D eigenvalue weighted by atomic mass is 79.9. The van der Waals surface area contributed by atoms with Crippen LogP contribution in [-0.4, -0.2) is 21.3 Å². The average molecular weight is 306 g/mol. The molecule has 1 fully saturated rings. The van der Waals surface area contributed by atoms with Gasteiger partial charge in [0.05, 0.1) is 21.6 Å². The van der Waals surface area contributed by atoms with Crippen molar-refractivity contribution in [1.29, 1.82) is 0 Å². The number of aromatic nitrogens is 1. The molecular formula is C11H16BrNO2S. The number of halogens is 1. The fourth-order valence-corrected chi connectivity index (χ4v) is 4.27. The minimum atomic E-state index is -0.976. The van der Waals surface area contributed by atoms with Crippen molar-refractivity contribution in [3.8, 4) is 0 Å². The van der Waals surface area contributed by atoms with Crippen LogP contribution < -0.4 is 0 Å². The number of hydrogen-bond acceptors (Lipinski definition) is 4. The van der Waals surface area contributed by atoms with Crippen LogP contribution >= 0.6 is 27.3 Å². The number of rotatable bonds is 1. The topological polar surface area (TPSA) is 42.4 Å². The summed E-state index contributed by atoms with van der Waals surface area (Å²) in [7, 11) is 0. The Bertz CT molecular complexity index is 416. The second kappa shape index (κ2) is 3.51. The fraction of sp³-hybridized carbons (Fsp3) is 0.727. The van der Waals surface area contributed by atoms with E-state index in [1.165, 1.54) is 11.3 Å². The van der Waals surface area contributed by atoms with Crippen molar-refractivity contribution in [3.63, 3.8) is 0 Å². The number of aliphatic hydroxyl groups is 1. The highest BCUT2D eigenvalue weighted by Gasteiger charge is 2.58. The molecule has 1 saturated heterocycles. The fourth-order valence-electron chi connectivity index (χ4n) is 2.49. The van der Waals surface area contributed by atoms with E-state index in [0.717, 1.165) is 9.48 Å². The molecule has 1 aromatic rings. The maximum absolute atomic E-state index is 10.9. The zero-order chi connectivity index (χ0) is 12.2. The lowest BCUT2D eigenvalue weighted by molar-refractivity contribution is -0.128. The molecule has 0 bridgehead atoms. The maximum Gasteiger partial charge on any atom is 0.132 e. The average Bonchev–Trinajstić information content (AvgIpc) is 2.53. The predicted molar refractivity (Wildman–Crippen MR) is 67.6 cm³/mol. The van der Waals surface area contributed by atoms with Gasteiger partial charge in [0, 0.05) is 6.42 Å².